The van der Waals surface area contributed by atoms with E-state index in [0.29, 0.717) is 13.0 Å². The van der Waals surface area contributed by atoms with Crippen LogP contribution in [0.1, 0.15) is 103 Å². The monoisotopic (exact) mass is 374 g/mol. The molecule has 0 saturated carbocycles. The van der Waals surface area contributed by atoms with Crippen LogP contribution in [0, 0.1) is 5.92 Å². The summed E-state index contributed by atoms with van der Waals surface area (Å²) in [6, 6.07) is 9.87. The topological polar surface area (TPSA) is 26.3 Å². The standard InChI is InChI=1S/C25H42O2/c1-3-5-7-9-10-13-17-23(16-12-8-6-4-2)20-21-27-25(26)22-24-18-14-11-15-19-24/h11,14-15,18-19,23H,3-10,12-13,16-17,20-22H2,1-2H3. The van der Waals surface area contributed by atoms with Crippen molar-refractivity contribution in [2.75, 3.05) is 6.61 Å². The van der Waals surface area contributed by atoms with Gasteiger partial charge in [0.2, 0.25) is 0 Å². The van der Waals surface area contributed by atoms with E-state index in [1.54, 1.807) is 0 Å². The SMILES string of the molecule is CCCCCCCCC(CCCCCC)CCOC(=O)Cc1ccccc1. The van der Waals surface area contributed by atoms with Crippen LogP contribution < -0.4 is 0 Å². The highest BCUT2D eigenvalue weighted by Gasteiger charge is 2.11. The molecule has 0 aromatic heterocycles. The van der Waals surface area contributed by atoms with Crippen molar-refractivity contribution in [2.24, 2.45) is 5.92 Å². The average molecular weight is 375 g/mol. The number of hydrogen-bond acceptors (Lipinski definition) is 2. The summed E-state index contributed by atoms with van der Waals surface area (Å²) in [6.07, 6.45) is 17.5. The largest absolute Gasteiger partial charge is 0.465 e. The van der Waals surface area contributed by atoms with Crippen LogP contribution in [0.5, 0.6) is 0 Å². The zero-order chi connectivity index (χ0) is 19.6. The molecule has 0 aliphatic rings. The molecule has 27 heavy (non-hydrogen) atoms. The van der Waals surface area contributed by atoms with E-state index in [2.05, 4.69) is 13.8 Å². The molecular formula is C25H42O2. The molecule has 154 valence electrons. The van der Waals surface area contributed by atoms with Crippen molar-refractivity contribution in [2.45, 2.75) is 104 Å². The summed E-state index contributed by atoms with van der Waals surface area (Å²) >= 11 is 0. The summed E-state index contributed by atoms with van der Waals surface area (Å²) in [5.41, 5.74) is 1.03. The normalized spacial score (nSPS) is 12.1. The number of rotatable bonds is 17. The van der Waals surface area contributed by atoms with Gasteiger partial charge in [0.1, 0.15) is 0 Å². The molecular weight excluding hydrogens is 332 g/mol. The van der Waals surface area contributed by atoms with Crippen molar-refractivity contribution in [3.63, 3.8) is 0 Å². The van der Waals surface area contributed by atoms with Gasteiger partial charge in [-0.25, -0.2) is 0 Å². The second-order valence-corrected chi connectivity index (χ2v) is 7.94. The van der Waals surface area contributed by atoms with Gasteiger partial charge in [-0.1, -0.05) is 121 Å². The van der Waals surface area contributed by atoms with Gasteiger partial charge in [0, 0.05) is 0 Å². The number of esters is 1. The summed E-state index contributed by atoms with van der Waals surface area (Å²) in [5, 5.41) is 0. The highest BCUT2D eigenvalue weighted by Crippen LogP contribution is 2.22. The van der Waals surface area contributed by atoms with Gasteiger partial charge >= 0.3 is 5.97 Å². The van der Waals surface area contributed by atoms with E-state index in [1.807, 2.05) is 30.3 Å². The Morgan fingerprint density at radius 3 is 1.96 bits per heavy atom. The fourth-order valence-electron chi connectivity index (χ4n) is 3.66. The highest BCUT2D eigenvalue weighted by molar-refractivity contribution is 5.72. The highest BCUT2D eigenvalue weighted by atomic mass is 16.5. The minimum atomic E-state index is -0.0921. The first-order valence-electron chi connectivity index (χ1n) is 11.5. The first-order valence-corrected chi connectivity index (χ1v) is 11.5. The molecule has 0 amide bonds. The van der Waals surface area contributed by atoms with Crippen LogP contribution >= 0.6 is 0 Å². The second-order valence-electron chi connectivity index (χ2n) is 7.94. The van der Waals surface area contributed by atoms with E-state index < -0.39 is 0 Å². The van der Waals surface area contributed by atoms with Gasteiger partial charge in [-0.15, -0.1) is 0 Å². The summed E-state index contributed by atoms with van der Waals surface area (Å²) in [7, 11) is 0. The van der Waals surface area contributed by atoms with Gasteiger partial charge < -0.3 is 4.74 Å². The van der Waals surface area contributed by atoms with Crippen molar-refractivity contribution in [3.8, 4) is 0 Å². The van der Waals surface area contributed by atoms with E-state index in [9.17, 15) is 4.79 Å². The molecule has 0 aliphatic carbocycles. The Hall–Kier alpha value is -1.31. The molecule has 0 spiro atoms. The van der Waals surface area contributed by atoms with Gasteiger partial charge in [-0.05, 0) is 17.9 Å². The molecule has 0 aliphatic heterocycles. The summed E-state index contributed by atoms with van der Waals surface area (Å²) < 4.78 is 5.52. The molecule has 0 fully saturated rings. The van der Waals surface area contributed by atoms with E-state index in [4.69, 9.17) is 4.74 Å². The quantitative estimate of drug-likeness (QED) is 0.208. The van der Waals surface area contributed by atoms with Crippen molar-refractivity contribution < 1.29 is 9.53 Å². The lowest BCUT2D eigenvalue weighted by molar-refractivity contribution is -0.143. The van der Waals surface area contributed by atoms with Crippen LogP contribution in [0.4, 0.5) is 0 Å². The third-order valence-corrected chi connectivity index (χ3v) is 5.41. The minimum Gasteiger partial charge on any atom is -0.465 e. The number of unbranched alkanes of at least 4 members (excludes halogenated alkanes) is 8. The Morgan fingerprint density at radius 2 is 1.33 bits per heavy atom. The van der Waals surface area contributed by atoms with Crippen molar-refractivity contribution >= 4 is 5.97 Å². The smallest absolute Gasteiger partial charge is 0.310 e. The Labute approximate surface area is 168 Å². The second kappa shape index (κ2) is 16.8. The lowest BCUT2D eigenvalue weighted by Gasteiger charge is -2.17. The maximum absolute atomic E-state index is 12.0. The number of carbonyl (C=O) groups excluding carboxylic acids is 1. The molecule has 1 unspecified atom stereocenters. The molecule has 0 saturated heterocycles. The van der Waals surface area contributed by atoms with Gasteiger partial charge in [-0.2, -0.15) is 0 Å². The Kier molecular flexibility index (Phi) is 14.8. The van der Waals surface area contributed by atoms with Crippen molar-refractivity contribution in [1.82, 2.24) is 0 Å². The van der Waals surface area contributed by atoms with Crippen LogP contribution in [0.3, 0.4) is 0 Å². The molecule has 0 heterocycles. The van der Waals surface area contributed by atoms with Crippen LogP contribution in [0.25, 0.3) is 0 Å². The average Bonchev–Trinajstić information content (AvgIpc) is 2.68. The summed E-state index contributed by atoms with van der Waals surface area (Å²) in [5.74, 6) is 0.628. The Balaban J connectivity index is 2.23. The lowest BCUT2D eigenvalue weighted by Crippen LogP contribution is -2.12. The number of benzene rings is 1. The van der Waals surface area contributed by atoms with Gasteiger partial charge in [0.25, 0.3) is 0 Å². The number of hydrogen-bond donors (Lipinski definition) is 0. The Bertz CT molecular complexity index is 455. The summed E-state index contributed by atoms with van der Waals surface area (Å²) in [4.78, 5) is 12.0. The fraction of sp³-hybridized carbons (Fsp3) is 0.720. The first-order chi connectivity index (χ1) is 13.3. The number of ether oxygens (including phenoxy) is 1. The maximum atomic E-state index is 12.0. The van der Waals surface area contributed by atoms with Gasteiger partial charge in [-0.3, -0.25) is 4.79 Å². The molecule has 0 radical (unpaired) electrons. The van der Waals surface area contributed by atoms with Crippen LogP contribution in [-0.4, -0.2) is 12.6 Å². The van der Waals surface area contributed by atoms with Crippen LogP contribution in [-0.2, 0) is 16.0 Å². The van der Waals surface area contributed by atoms with E-state index in [-0.39, 0.29) is 5.97 Å². The zero-order valence-corrected chi connectivity index (χ0v) is 17.9. The third kappa shape index (κ3) is 13.5. The third-order valence-electron chi connectivity index (χ3n) is 5.41. The number of carbonyl (C=O) groups is 1. The summed E-state index contributed by atoms with van der Waals surface area (Å²) in [6.45, 7) is 5.12. The molecule has 2 heteroatoms. The van der Waals surface area contributed by atoms with Crippen LogP contribution in [0.15, 0.2) is 30.3 Å². The van der Waals surface area contributed by atoms with Crippen LogP contribution in [0.2, 0.25) is 0 Å². The fourth-order valence-corrected chi connectivity index (χ4v) is 3.66. The first kappa shape index (κ1) is 23.7. The van der Waals surface area contributed by atoms with Crippen molar-refractivity contribution in [3.05, 3.63) is 35.9 Å². The molecule has 2 nitrogen and oxygen atoms in total. The van der Waals surface area contributed by atoms with Gasteiger partial charge in [0.05, 0.1) is 13.0 Å². The minimum absolute atomic E-state index is 0.0921. The molecule has 0 bridgehead atoms. The van der Waals surface area contributed by atoms with Gasteiger partial charge in [0.15, 0.2) is 0 Å². The zero-order valence-electron chi connectivity index (χ0n) is 17.9. The maximum Gasteiger partial charge on any atom is 0.310 e. The predicted molar refractivity (Wildman–Crippen MR) is 116 cm³/mol. The molecule has 1 atom stereocenters. The molecule has 1 aromatic carbocycles. The van der Waals surface area contributed by atoms with E-state index >= 15 is 0 Å². The molecule has 0 N–H and O–H groups in total. The van der Waals surface area contributed by atoms with E-state index in [1.165, 1.54) is 77.0 Å². The predicted octanol–water partition coefficient (Wildman–Crippen LogP) is 7.50. The van der Waals surface area contributed by atoms with E-state index in [0.717, 1.165) is 17.9 Å². The molecule has 1 aromatic rings. The molecule has 1 rings (SSSR count). The van der Waals surface area contributed by atoms with Crippen molar-refractivity contribution in [1.29, 1.82) is 0 Å². The Morgan fingerprint density at radius 1 is 0.778 bits per heavy atom. The lowest BCUT2D eigenvalue weighted by atomic mass is 9.92.